The first kappa shape index (κ1) is 19.4. The first-order valence-corrected chi connectivity index (χ1v) is 9.36. The molecule has 2 aromatic rings. The van der Waals surface area contributed by atoms with Crippen LogP contribution >= 0.6 is 0 Å². The van der Waals surface area contributed by atoms with Crippen LogP contribution in [-0.2, 0) is 20.5 Å². The van der Waals surface area contributed by atoms with Crippen molar-refractivity contribution in [1.29, 1.82) is 0 Å². The predicted octanol–water partition coefficient (Wildman–Crippen LogP) is 5.58. The minimum absolute atomic E-state index is 0.166. The molecule has 3 nitrogen and oxygen atoms in total. The Hall–Kier alpha value is -2.39. The van der Waals surface area contributed by atoms with Crippen molar-refractivity contribution in [2.24, 2.45) is 0 Å². The first-order valence-electron chi connectivity index (χ1n) is 9.36. The third-order valence-corrected chi connectivity index (χ3v) is 5.82. The molecule has 3 heteroatoms. The van der Waals surface area contributed by atoms with Crippen LogP contribution in [0.25, 0.3) is 12.2 Å². The molecule has 0 bridgehead atoms. The fraction of sp³-hybridized carbons (Fsp3) is 0.375. The predicted molar refractivity (Wildman–Crippen MR) is 110 cm³/mol. The maximum atomic E-state index is 11.5. The van der Waals surface area contributed by atoms with E-state index in [0.29, 0.717) is 5.56 Å². The molecule has 0 N–H and O–H groups in total. The van der Waals surface area contributed by atoms with Gasteiger partial charge in [-0.15, -0.1) is 0 Å². The second-order valence-corrected chi connectivity index (χ2v) is 8.07. The number of esters is 1. The smallest absolute Gasteiger partial charge is 0.337 e. The highest BCUT2D eigenvalue weighted by atomic mass is 16.5. The van der Waals surface area contributed by atoms with Crippen molar-refractivity contribution in [2.45, 2.75) is 44.6 Å². The minimum atomic E-state index is -0.318. The number of carbonyl (C=O) groups is 1. The van der Waals surface area contributed by atoms with Gasteiger partial charge in [-0.1, -0.05) is 50.3 Å². The van der Waals surface area contributed by atoms with Gasteiger partial charge in [-0.05, 0) is 65.6 Å². The molecule has 0 heterocycles. The molecule has 0 saturated carbocycles. The SMILES string of the molecule is COC(=O)c1ccc(C=Cc2ccc3c(c2)C(C)(OC)CCC3(C)C)cc1. The lowest BCUT2D eigenvalue weighted by Gasteiger charge is -2.42. The van der Waals surface area contributed by atoms with Gasteiger partial charge >= 0.3 is 5.97 Å². The molecule has 1 aliphatic rings. The summed E-state index contributed by atoms with van der Waals surface area (Å²) in [6.07, 6.45) is 6.30. The van der Waals surface area contributed by atoms with Gasteiger partial charge in [-0.3, -0.25) is 0 Å². The third kappa shape index (κ3) is 3.84. The fourth-order valence-corrected chi connectivity index (χ4v) is 3.77. The monoisotopic (exact) mass is 364 g/mol. The standard InChI is InChI=1S/C24H28O3/c1-23(2)14-15-24(3,27-5)21-16-18(10-13-20(21)23)7-6-17-8-11-19(12-9-17)22(25)26-4/h6-13,16H,14-15H2,1-5H3. The second kappa shape index (κ2) is 7.32. The zero-order valence-electron chi connectivity index (χ0n) is 16.8. The van der Waals surface area contributed by atoms with E-state index in [1.54, 1.807) is 19.2 Å². The number of hydrogen-bond donors (Lipinski definition) is 0. The topological polar surface area (TPSA) is 35.5 Å². The van der Waals surface area contributed by atoms with Crippen molar-refractivity contribution in [2.75, 3.05) is 14.2 Å². The Labute approximate surface area is 162 Å². The number of carbonyl (C=O) groups excluding carboxylic acids is 1. The maximum Gasteiger partial charge on any atom is 0.337 e. The summed E-state index contributed by atoms with van der Waals surface area (Å²) in [5.41, 5.74) is 5.32. The Balaban J connectivity index is 1.89. The van der Waals surface area contributed by atoms with Crippen LogP contribution in [0.15, 0.2) is 42.5 Å². The highest BCUT2D eigenvalue weighted by Gasteiger charge is 2.39. The molecule has 0 saturated heterocycles. The molecule has 3 rings (SSSR count). The Morgan fingerprint density at radius 1 is 0.889 bits per heavy atom. The van der Waals surface area contributed by atoms with E-state index in [1.807, 2.05) is 12.1 Å². The van der Waals surface area contributed by atoms with Crippen LogP contribution in [0.4, 0.5) is 0 Å². The van der Waals surface area contributed by atoms with E-state index in [0.717, 1.165) is 24.0 Å². The molecule has 1 unspecified atom stereocenters. The van der Waals surface area contributed by atoms with E-state index in [1.165, 1.54) is 18.2 Å². The molecule has 0 radical (unpaired) electrons. The van der Waals surface area contributed by atoms with Crippen LogP contribution in [0, 0.1) is 0 Å². The molecule has 1 atom stereocenters. The summed E-state index contributed by atoms with van der Waals surface area (Å²) < 4.78 is 10.6. The molecule has 0 aliphatic heterocycles. The molecule has 142 valence electrons. The summed E-state index contributed by atoms with van der Waals surface area (Å²) in [6, 6.07) is 14.1. The lowest BCUT2D eigenvalue weighted by Crippen LogP contribution is -2.37. The van der Waals surface area contributed by atoms with Crippen molar-refractivity contribution in [3.05, 3.63) is 70.3 Å². The summed E-state index contributed by atoms with van der Waals surface area (Å²) in [5, 5.41) is 0. The van der Waals surface area contributed by atoms with Crippen LogP contribution in [0.2, 0.25) is 0 Å². The second-order valence-electron chi connectivity index (χ2n) is 8.07. The number of fused-ring (bicyclic) bond motifs is 1. The average Bonchev–Trinajstić information content (AvgIpc) is 2.69. The van der Waals surface area contributed by atoms with Crippen LogP contribution in [0.3, 0.4) is 0 Å². The molecule has 27 heavy (non-hydrogen) atoms. The fourth-order valence-electron chi connectivity index (χ4n) is 3.77. The van der Waals surface area contributed by atoms with Crippen molar-refractivity contribution >= 4 is 18.1 Å². The van der Waals surface area contributed by atoms with E-state index in [9.17, 15) is 4.79 Å². The van der Waals surface area contributed by atoms with Gasteiger partial charge in [0.05, 0.1) is 18.3 Å². The molecule has 0 fully saturated rings. The van der Waals surface area contributed by atoms with Crippen LogP contribution in [0.1, 0.15) is 66.2 Å². The zero-order chi connectivity index (χ0) is 19.7. The molecule has 2 aromatic carbocycles. The number of rotatable bonds is 4. The van der Waals surface area contributed by atoms with Gasteiger partial charge in [0.25, 0.3) is 0 Å². The summed E-state index contributed by atoms with van der Waals surface area (Å²) in [6.45, 7) is 6.79. The maximum absolute atomic E-state index is 11.5. The summed E-state index contributed by atoms with van der Waals surface area (Å²) in [5.74, 6) is -0.318. The van der Waals surface area contributed by atoms with E-state index in [2.05, 4.69) is 51.1 Å². The van der Waals surface area contributed by atoms with Gasteiger partial charge in [0.2, 0.25) is 0 Å². The van der Waals surface area contributed by atoms with E-state index < -0.39 is 0 Å². The summed E-state index contributed by atoms with van der Waals surface area (Å²) in [7, 11) is 3.19. The number of methoxy groups -OCH3 is 2. The largest absolute Gasteiger partial charge is 0.465 e. The van der Waals surface area contributed by atoms with Crippen molar-refractivity contribution < 1.29 is 14.3 Å². The summed E-state index contributed by atoms with van der Waals surface area (Å²) >= 11 is 0. The number of hydrogen-bond acceptors (Lipinski definition) is 3. The van der Waals surface area contributed by atoms with Crippen molar-refractivity contribution in [3.63, 3.8) is 0 Å². The summed E-state index contributed by atoms with van der Waals surface area (Å²) in [4.78, 5) is 11.5. The van der Waals surface area contributed by atoms with Crippen LogP contribution < -0.4 is 0 Å². The van der Waals surface area contributed by atoms with Gasteiger partial charge in [0.1, 0.15) is 0 Å². The Morgan fingerprint density at radius 2 is 1.52 bits per heavy atom. The van der Waals surface area contributed by atoms with Gasteiger partial charge in [0.15, 0.2) is 0 Å². The molecular weight excluding hydrogens is 336 g/mol. The van der Waals surface area contributed by atoms with Crippen molar-refractivity contribution in [1.82, 2.24) is 0 Å². The number of ether oxygens (including phenoxy) is 2. The molecule has 0 aromatic heterocycles. The van der Waals surface area contributed by atoms with Crippen molar-refractivity contribution in [3.8, 4) is 0 Å². The Bertz CT molecular complexity index is 862. The molecule has 1 aliphatic carbocycles. The van der Waals surface area contributed by atoms with Gasteiger partial charge in [0, 0.05) is 7.11 Å². The van der Waals surface area contributed by atoms with Gasteiger partial charge < -0.3 is 9.47 Å². The normalized spacial score (nSPS) is 21.1. The van der Waals surface area contributed by atoms with E-state index in [-0.39, 0.29) is 17.0 Å². The number of benzene rings is 2. The average molecular weight is 364 g/mol. The first-order chi connectivity index (χ1) is 12.8. The van der Waals surface area contributed by atoms with Gasteiger partial charge in [-0.25, -0.2) is 4.79 Å². The molecule has 0 spiro atoms. The van der Waals surface area contributed by atoms with E-state index in [4.69, 9.17) is 9.47 Å². The Morgan fingerprint density at radius 3 is 2.15 bits per heavy atom. The van der Waals surface area contributed by atoms with Crippen LogP contribution in [0.5, 0.6) is 0 Å². The Kier molecular flexibility index (Phi) is 5.25. The zero-order valence-corrected chi connectivity index (χ0v) is 16.8. The quantitative estimate of drug-likeness (QED) is 0.525. The minimum Gasteiger partial charge on any atom is -0.465 e. The van der Waals surface area contributed by atoms with E-state index >= 15 is 0 Å². The lowest BCUT2D eigenvalue weighted by molar-refractivity contribution is -0.0202. The lowest BCUT2D eigenvalue weighted by atomic mass is 9.67. The van der Waals surface area contributed by atoms with Gasteiger partial charge in [-0.2, -0.15) is 0 Å². The third-order valence-electron chi connectivity index (χ3n) is 5.82. The highest BCUT2D eigenvalue weighted by Crippen LogP contribution is 2.46. The molecular formula is C24H28O3. The van der Waals surface area contributed by atoms with Crippen LogP contribution in [-0.4, -0.2) is 20.2 Å². The molecule has 0 amide bonds. The highest BCUT2D eigenvalue weighted by molar-refractivity contribution is 5.89.